The standard InChI is InChI=1S/C12H19NO3/c1-5-9(13)10-6-8(7-15-10)11(14)16-12(2,3)4/h6-7,9H,5,13H2,1-4H3/t9-/m1/s1. The Morgan fingerprint density at radius 1 is 1.56 bits per heavy atom. The van der Waals surface area contributed by atoms with Gasteiger partial charge in [-0.2, -0.15) is 0 Å². The van der Waals surface area contributed by atoms with Crippen molar-refractivity contribution in [2.75, 3.05) is 0 Å². The first-order valence-corrected chi connectivity index (χ1v) is 5.41. The molecule has 0 aromatic carbocycles. The van der Waals surface area contributed by atoms with E-state index in [2.05, 4.69) is 0 Å². The van der Waals surface area contributed by atoms with E-state index in [1.807, 2.05) is 27.7 Å². The number of esters is 1. The fraction of sp³-hybridized carbons (Fsp3) is 0.583. The molecule has 0 radical (unpaired) electrons. The van der Waals surface area contributed by atoms with Crippen molar-refractivity contribution in [2.24, 2.45) is 5.73 Å². The average Bonchev–Trinajstić information content (AvgIpc) is 2.62. The Hall–Kier alpha value is -1.29. The van der Waals surface area contributed by atoms with Gasteiger partial charge in [0.2, 0.25) is 0 Å². The maximum atomic E-state index is 11.7. The van der Waals surface area contributed by atoms with Crippen LogP contribution in [0.4, 0.5) is 0 Å². The number of carbonyl (C=O) groups excluding carboxylic acids is 1. The monoisotopic (exact) mass is 225 g/mol. The molecule has 0 unspecified atom stereocenters. The normalized spacial score (nSPS) is 13.6. The summed E-state index contributed by atoms with van der Waals surface area (Å²) in [6.45, 7) is 7.43. The first-order valence-electron chi connectivity index (χ1n) is 5.41. The van der Waals surface area contributed by atoms with Crippen molar-refractivity contribution in [1.82, 2.24) is 0 Å². The number of furan rings is 1. The lowest BCUT2D eigenvalue weighted by molar-refractivity contribution is 0.00689. The predicted molar refractivity (Wildman–Crippen MR) is 61.1 cm³/mol. The van der Waals surface area contributed by atoms with E-state index in [4.69, 9.17) is 14.9 Å². The summed E-state index contributed by atoms with van der Waals surface area (Å²) < 4.78 is 10.4. The van der Waals surface area contributed by atoms with E-state index >= 15 is 0 Å². The van der Waals surface area contributed by atoms with Gasteiger partial charge < -0.3 is 14.9 Å². The Morgan fingerprint density at radius 3 is 2.69 bits per heavy atom. The lowest BCUT2D eigenvalue weighted by Crippen LogP contribution is -2.23. The minimum atomic E-state index is -0.499. The second kappa shape index (κ2) is 4.70. The highest BCUT2D eigenvalue weighted by Gasteiger charge is 2.20. The number of hydrogen-bond donors (Lipinski definition) is 1. The topological polar surface area (TPSA) is 65.5 Å². The fourth-order valence-corrected chi connectivity index (χ4v) is 1.19. The Balaban J connectivity index is 2.75. The van der Waals surface area contributed by atoms with Gasteiger partial charge in [-0.25, -0.2) is 4.79 Å². The Morgan fingerprint density at radius 2 is 2.19 bits per heavy atom. The first kappa shape index (κ1) is 12.8. The largest absolute Gasteiger partial charge is 0.467 e. The molecule has 1 aromatic heterocycles. The predicted octanol–water partition coefficient (Wildman–Crippen LogP) is 2.64. The van der Waals surface area contributed by atoms with E-state index in [-0.39, 0.29) is 12.0 Å². The zero-order chi connectivity index (χ0) is 12.3. The van der Waals surface area contributed by atoms with Gasteiger partial charge in [-0.3, -0.25) is 0 Å². The van der Waals surface area contributed by atoms with Crippen LogP contribution >= 0.6 is 0 Å². The number of ether oxygens (including phenoxy) is 1. The molecule has 0 amide bonds. The summed E-state index contributed by atoms with van der Waals surface area (Å²) in [7, 11) is 0. The summed E-state index contributed by atoms with van der Waals surface area (Å²) >= 11 is 0. The van der Waals surface area contributed by atoms with Gasteiger partial charge in [-0.15, -0.1) is 0 Å². The zero-order valence-electron chi connectivity index (χ0n) is 10.2. The van der Waals surface area contributed by atoms with Crippen LogP contribution in [0.3, 0.4) is 0 Å². The molecule has 1 atom stereocenters. The maximum Gasteiger partial charge on any atom is 0.341 e. The molecule has 0 aliphatic rings. The van der Waals surface area contributed by atoms with Crippen LogP contribution in [0, 0.1) is 0 Å². The van der Waals surface area contributed by atoms with Crippen LogP contribution in [0.5, 0.6) is 0 Å². The van der Waals surface area contributed by atoms with E-state index in [0.717, 1.165) is 6.42 Å². The molecule has 90 valence electrons. The van der Waals surface area contributed by atoms with Crippen molar-refractivity contribution in [2.45, 2.75) is 45.8 Å². The summed E-state index contributed by atoms with van der Waals surface area (Å²) in [4.78, 5) is 11.7. The highest BCUT2D eigenvalue weighted by atomic mass is 16.6. The Kier molecular flexibility index (Phi) is 3.75. The van der Waals surface area contributed by atoms with Crippen LogP contribution in [0.25, 0.3) is 0 Å². The molecule has 16 heavy (non-hydrogen) atoms. The molecule has 0 aliphatic heterocycles. The third kappa shape index (κ3) is 3.38. The van der Waals surface area contributed by atoms with Gasteiger partial charge in [0, 0.05) is 0 Å². The molecule has 4 nitrogen and oxygen atoms in total. The average molecular weight is 225 g/mol. The summed E-state index contributed by atoms with van der Waals surface area (Å²) in [5, 5.41) is 0. The molecule has 1 aromatic rings. The third-order valence-electron chi connectivity index (χ3n) is 2.06. The van der Waals surface area contributed by atoms with Crippen LogP contribution in [0.1, 0.15) is 56.3 Å². The Labute approximate surface area is 95.8 Å². The van der Waals surface area contributed by atoms with Crippen LogP contribution in [-0.4, -0.2) is 11.6 Å². The Bertz CT molecular complexity index is 363. The molecule has 2 N–H and O–H groups in total. The second-order valence-electron chi connectivity index (χ2n) is 4.75. The van der Waals surface area contributed by atoms with Gasteiger partial charge >= 0.3 is 5.97 Å². The van der Waals surface area contributed by atoms with Gasteiger partial charge in [0.1, 0.15) is 17.6 Å². The van der Waals surface area contributed by atoms with Crippen LogP contribution in [0.15, 0.2) is 16.7 Å². The summed E-state index contributed by atoms with van der Waals surface area (Å²) in [5.74, 6) is 0.231. The van der Waals surface area contributed by atoms with Gasteiger partial charge in [0.15, 0.2) is 0 Å². The van der Waals surface area contributed by atoms with Crippen molar-refractivity contribution in [3.63, 3.8) is 0 Å². The number of rotatable bonds is 3. The van der Waals surface area contributed by atoms with Crippen LogP contribution in [-0.2, 0) is 4.74 Å². The van der Waals surface area contributed by atoms with Crippen LogP contribution < -0.4 is 5.73 Å². The molecular weight excluding hydrogens is 206 g/mol. The highest BCUT2D eigenvalue weighted by Crippen LogP contribution is 2.19. The number of carbonyl (C=O) groups is 1. The minimum absolute atomic E-state index is 0.170. The van der Waals surface area contributed by atoms with E-state index < -0.39 is 5.60 Å². The van der Waals surface area contributed by atoms with E-state index in [1.165, 1.54) is 6.26 Å². The highest BCUT2D eigenvalue weighted by molar-refractivity contribution is 5.89. The zero-order valence-corrected chi connectivity index (χ0v) is 10.2. The molecule has 1 heterocycles. The van der Waals surface area contributed by atoms with Gasteiger partial charge in [-0.1, -0.05) is 6.92 Å². The lowest BCUT2D eigenvalue weighted by atomic mass is 10.1. The van der Waals surface area contributed by atoms with E-state index in [0.29, 0.717) is 11.3 Å². The minimum Gasteiger partial charge on any atom is -0.467 e. The maximum absolute atomic E-state index is 11.7. The SMILES string of the molecule is CC[C@@H](N)c1cc(C(=O)OC(C)(C)C)co1. The molecule has 0 spiro atoms. The summed E-state index contributed by atoms with van der Waals surface area (Å²) in [6.07, 6.45) is 2.15. The fourth-order valence-electron chi connectivity index (χ4n) is 1.19. The number of nitrogens with two attached hydrogens (primary N) is 1. The molecule has 0 fully saturated rings. The third-order valence-corrected chi connectivity index (χ3v) is 2.06. The van der Waals surface area contributed by atoms with Crippen LogP contribution in [0.2, 0.25) is 0 Å². The van der Waals surface area contributed by atoms with Crippen molar-refractivity contribution in [3.05, 3.63) is 23.7 Å². The lowest BCUT2D eigenvalue weighted by Gasteiger charge is -2.18. The molecule has 0 saturated carbocycles. The molecule has 4 heteroatoms. The quantitative estimate of drug-likeness (QED) is 0.803. The molecule has 0 aliphatic carbocycles. The van der Waals surface area contributed by atoms with E-state index in [1.54, 1.807) is 6.07 Å². The summed E-state index contributed by atoms with van der Waals surface area (Å²) in [6, 6.07) is 1.47. The molecule has 0 saturated heterocycles. The first-order chi connectivity index (χ1) is 7.33. The molecule has 1 rings (SSSR count). The van der Waals surface area contributed by atoms with Gasteiger partial charge in [-0.05, 0) is 33.3 Å². The molecule has 0 bridgehead atoms. The molecular formula is C12H19NO3. The van der Waals surface area contributed by atoms with Crippen molar-refractivity contribution in [3.8, 4) is 0 Å². The van der Waals surface area contributed by atoms with E-state index in [9.17, 15) is 4.79 Å². The van der Waals surface area contributed by atoms with Crippen molar-refractivity contribution >= 4 is 5.97 Å². The summed E-state index contributed by atoms with van der Waals surface area (Å²) in [5.41, 5.74) is 5.70. The smallest absolute Gasteiger partial charge is 0.341 e. The van der Waals surface area contributed by atoms with Gasteiger partial charge in [0.05, 0.1) is 11.6 Å². The van der Waals surface area contributed by atoms with Crippen molar-refractivity contribution < 1.29 is 13.9 Å². The van der Waals surface area contributed by atoms with Gasteiger partial charge in [0.25, 0.3) is 0 Å². The number of hydrogen-bond acceptors (Lipinski definition) is 4. The second-order valence-corrected chi connectivity index (χ2v) is 4.75. The van der Waals surface area contributed by atoms with Crippen molar-refractivity contribution in [1.29, 1.82) is 0 Å².